The number of pyridine rings is 1. The van der Waals surface area contributed by atoms with Gasteiger partial charge in [0, 0.05) is 18.1 Å². The number of nitrogens with zero attached hydrogens (tertiary/aromatic N) is 3. The third-order valence-electron chi connectivity index (χ3n) is 3.19. The number of halogens is 5. The van der Waals surface area contributed by atoms with Gasteiger partial charge in [0.25, 0.3) is 5.91 Å². The van der Waals surface area contributed by atoms with E-state index in [2.05, 4.69) is 15.3 Å². The summed E-state index contributed by atoms with van der Waals surface area (Å²) in [6, 6.07) is 4.99. The number of hydrogen-bond donors (Lipinski definition) is 1. The largest absolute Gasteiger partial charge is 0.321 e. The maximum absolute atomic E-state index is 12.4. The highest BCUT2D eigenvalue weighted by atomic mass is 35.5. The molecule has 1 aromatic carbocycles. The molecule has 0 fully saturated rings. The van der Waals surface area contributed by atoms with Crippen molar-refractivity contribution in [1.29, 1.82) is 0 Å². The highest BCUT2D eigenvalue weighted by Gasteiger charge is 2.20. The smallest absolute Gasteiger partial charge is 0.275 e. The van der Waals surface area contributed by atoms with E-state index in [0.717, 1.165) is 0 Å². The monoisotopic (exact) mass is 434 g/mol. The summed E-state index contributed by atoms with van der Waals surface area (Å²) in [5.41, 5.74) is 1.01. The van der Waals surface area contributed by atoms with Crippen molar-refractivity contribution >= 4 is 69.6 Å². The van der Waals surface area contributed by atoms with Gasteiger partial charge in [-0.1, -0.05) is 58.0 Å². The van der Waals surface area contributed by atoms with E-state index in [-0.39, 0.29) is 25.9 Å². The van der Waals surface area contributed by atoms with Crippen molar-refractivity contribution in [2.45, 2.75) is 0 Å². The first-order valence-corrected chi connectivity index (χ1v) is 8.56. The van der Waals surface area contributed by atoms with Crippen LogP contribution in [0.25, 0.3) is 5.69 Å². The molecule has 1 amide bonds. The van der Waals surface area contributed by atoms with Crippen LogP contribution in [0.2, 0.25) is 25.2 Å². The number of hydrogen-bond acceptors (Lipinski definition) is 3. The van der Waals surface area contributed by atoms with E-state index in [9.17, 15) is 4.79 Å². The van der Waals surface area contributed by atoms with E-state index in [4.69, 9.17) is 58.0 Å². The summed E-state index contributed by atoms with van der Waals surface area (Å²) in [5, 5.41) is 2.79. The van der Waals surface area contributed by atoms with Crippen LogP contribution in [-0.4, -0.2) is 20.4 Å². The number of benzene rings is 1. The van der Waals surface area contributed by atoms with Gasteiger partial charge in [0.2, 0.25) is 0 Å². The average Bonchev–Trinajstić information content (AvgIpc) is 3.10. The van der Waals surface area contributed by atoms with Crippen LogP contribution in [0.1, 0.15) is 10.5 Å². The van der Waals surface area contributed by atoms with Gasteiger partial charge in [-0.25, -0.2) is 9.97 Å². The molecule has 5 nitrogen and oxygen atoms in total. The Morgan fingerprint density at radius 1 is 1.04 bits per heavy atom. The molecule has 0 radical (unpaired) electrons. The van der Waals surface area contributed by atoms with E-state index in [1.165, 1.54) is 0 Å². The minimum Gasteiger partial charge on any atom is -0.321 e. The molecule has 3 rings (SSSR count). The number of carbonyl (C=O) groups excluding carboxylic acids is 1. The van der Waals surface area contributed by atoms with Crippen LogP contribution in [0.4, 0.5) is 5.69 Å². The number of carbonyl (C=O) groups is 1. The van der Waals surface area contributed by atoms with Gasteiger partial charge in [-0.15, -0.1) is 0 Å². The Hall–Kier alpha value is -1.50. The van der Waals surface area contributed by atoms with Gasteiger partial charge in [-0.3, -0.25) is 4.79 Å². The van der Waals surface area contributed by atoms with E-state index < -0.39 is 5.91 Å². The highest BCUT2D eigenvalue weighted by Crippen LogP contribution is 2.36. The second-order valence-corrected chi connectivity index (χ2v) is 6.68. The van der Waals surface area contributed by atoms with Gasteiger partial charge in [-0.2, -0.15) is 0 Å². The molecule has 128 valence electrons. The van der Waals surface area contributed by atoms with Crippen LogP contribution >= 0.6 is 58.0 Å². The topological polar surface area (TPSA) is 59.8 Å². The minimum atomic E-state index is -0.600. The van der Waals surface area contributed by atoms with Gasteiger partial charge in [0.05, 0.1) is 32.1 Å². The van der Waals surface area contributed by atoms with Gasteiger partial charge >= 0.3 is 0 Å². The number of imidazole rings is 1. The first kappa shape index (κ1) is 18.3. The Labute approximate surface area is 167 Å². The molecule has 0 saturated carbocycles. The third kappa shape index (κ3) is 3.71. The fourth-order valence-electron chi connectivity index (χ4n) is 2.02. The second-order valence-electron chi connectivity index (χ2n) is 4.78. The quantitative estimate of drug-likeness (QED) is 0.529. The number of anilines is 1. The fourth-order valence-corrected chi connectivity index (χ4v) is 3.12. The van der Waals surface area contributed by atoms with Gasteiger partial charge in [0.1, 0.15) is 10.8 Å². The molecule has 0 saturated heterocycles. The summed E-state index contributed by atoms with van der Waals surface area (Å²) in [4.78, 5) is 20.2. The van der Waals surface area contributed by atoms with Crippen molar-refractivity contribution in [2.75, 3.05) is 5.32 Å². The normalized spacial score (nSPS) is 10.8. The summed E-state index contributed by atoms with van der Waals surface area (Å²) < 4.78 is 1.74. The molecule has 0 bridgehead atoms. The Morgan fingerprint density at radius 3 is 2.44 bits per heavy atom. The second kappa shape index (κ2) is 7.40. The molecule has 1 N–H and O–H groups in total. The summed E-state index contributed by atoms with van der Waals surface area (Å²) >= 11 is 29.9. The van der Waals surface area contributed by atoms with E-state index in [1.807, 2.05) is 0 Å². The molecule has 2 aromatic heterocycles. The van der Waals surface area contributed by atoms with Gasteiger partial charge in [-0.05, 0) is 18.2 Å². The Bertz CT molecular complexity index is 959. The zero-order valence-corrected chi connectivity index (χ0v) is 15.9. The van der Waals surface area contributed by atoms with Crippen molar-refractivity contribution in [3.05, 3.63) is 67.9 Å². The van der Waals surface area contributed by atoms with Gasteiger partial charge in [0.15, 0.2) is 0 Å². The number of nitrogens with one attached hydrogen (secondary N) is 1. The lowest BCUT2D eigenvalue weighted by Gasteiger charge is -2.11. The maximum Gasteiger partial charge on any atom is 0.275 e. The molecule has 3 aromatic rings. The molecular formula is C15H7Cl5N4O. The number of aromatic nitrogens is 3. The molecule has 0 unspecified atom stereocenters. The fraction of sp³-hybridized carbons (Fsp3) is 0. The van der Waals surface area contributed by atoms with Crippen molar-refractivity contribution in [3.63, 3.8) is 0 Å². The van der Waals surface area contributed by atoms with Crippen LogP contribution in [0, 0.1) is 0 Å². The lowest BCUT2D eigenvalue weighted by Crippen LogP contribution is -2.15. The lowest BCUT2D eigenvalue weighted by molar-refractivity contribution is 0.102. The Balaban J connectivity index is 1.88. The summed E-state index contributed by atoms with van der Waals surface area (Å²) in [6.07, 6.45) is 5.00. The number of rotatable bonds is 3. The van der Waals surface area contributed by atoms with E-state index in [1.54, 1.807) is 41.5 Å². The zero-order valence-electron chi connectivity index (χ0n) is 12.1. The zero-order chi connectivity index (χ0) is 18.1. The maximum atomic E-state index is 12.4. The summed E-state index contributed by atoms with van der Waals surface area (Å²) in [6.45, 7) is 0. The van der Waals surface area contributed by atoms with Crippen molar-refractivity contribution in [1.82, 2.24) is 14.5 Å². The van der Waals surface area contributed by atoms with Crippen LogP contribution in [0.3, 0.4) is 0 Å². The molecule has 0 aliphatic rings. The van der Waals surface area contributed by atoms with Crippen molar-refractivity contribution in [3.8, 4) is 5.69 Å². The van der Waals surface area contributed by atoms with Crippen LogP contribution in [0.15, 0.2) is 36.9 Å². The Morgan fingerprint density at radius 2 is 1.80 bits per heavy atom. The van der Waals surface area contributed by atoms with Crippen molar-refractivity contribution < 1.29 is 4.79 Å². The molecule has 0 atom stereocenters. The summed E-state index contributed by atoms with van der Waals surface area (Å²) in [5.74, 6) is -0.600. The lowest BCUT2D eigenvalue weighted by atomic mass is 10.2. The molecular weight excluding hydrogens is 429 g/mol. The third-order valence-corrected chi connectivity index (χ3v) is 5.17. The van der Waals surface area contributed by atoms with E-state index in [0.29, 0.717) is 16.4 Å². The molecule has 25 heavy (non-hydrogen) atoms. The minimum absolute atomic E-state index is 0.0161. The first-order chi connectivity index (χ1) is 11.9. The van der Waals surface area contributed by atoms with Crippen molar-refractivity contribution in [2.24, 2.45) is 0 Å². The molecule has 0 aliphatic carbocycles. The van der Waals surface area contributed by atoms with Crippen LogP contribution in [-0.2, 0) is 0 Å². The predicted octanol–water partition coefficient (Wildman–Crippen LogP) is 5.79. The SMILES string of the molecule is O=C(Nc1ccc(-n2ccnc2)c(Cl)c1)c1nc(Cl)c(Cl)c(Cl)c1Cl. The first-order valence-electron chi connectivity index (χ1n) is 6.67. The highest BCUT2D eigenvalue weighted by molar-refractivity contribution is 6.52. The number of amides is 1. The van der Waals surface area contributed by atoms with Crippen LogP contribution < -0.4 is 5.32 Å². The van der Waals surface area contributed by atoms with E-state index >= 15 is 0 Å². The molecule has 10 heteroatoms. The Kier molecular flexibility index (Phi) is 5.41. The van der Waals surface area contributed by atoms with Crippen LogP contribution in [0.5, 0.6) is 0 Å². The standard InChI is InChI=1S/C15H7Cl5N4O/c16-8-5-7(1-2-9(8)24-4-3-21-6-24)22-15(25)13-11(18)10(17)12(19)14(20)23-13/h1-6H,(H,22,25). The van der Waals surface area contributed by atoms with Gasteiger partial charge < -0.3 is 9.88 Å². The molecule has 0 spiro atoms. The molecule has 0 aliphatic heterocycles. The average molecular weight is 437 g/mol. The summed E-state index contributed by atoms with van der Waals surface area (Å²) in [7, 11) is 0. The predicted molar refractivity (Wildman–Crippen MR) is 101 cm³/mol. The molecule has 2 heterocycles.